The molecule has 0 amide bonds. The van der Waals surface area contributed by atoms with Gasteiger partial charge in [-0.05, 0) is 19.0 Å². The zero-order valence-electron chi connectivity index (χ0n) is 6.01. The topological polar surface area (TPSA) is 46.2 Å². The van der Waals surface area contributed by atoms with Crippen LogP contribution in [-0.4, -0.2) is 11.7 Å². The summed E-state index contributed by atoms with van der Waals surface area (Å²) in [6, 6.07) is 1.90. The van der Waals surface area contributed by atoms with Gasteiger partial charge in [-0.3, -0.25) is 0 Å². The minimum absolute atomic E-state index is 0.0138. The van der Waals surface area contributed by atoms with Crippen molar-refractivity contribution in [3.05, 3.63) is 20.8 Å². The summed E-state index contributed by atoms with van der Waals surface area (Å²) in [6.45, 7) is 0.640. The van der Waals surface area contributed by atoms with Gasteiger partial charge in [-0.2, -0.15) is 0 Å². The first-order valence-corrected chi connectivity index (χ1v) is 4.55. The molecule has 0 saturated heterocycles. The van der Waals surface area contributed by atoms with E-state index in [2.05, 4.69) is 0 Å². The predicted octanol–water partition coefficient (Wildman–Crippen LogP) is 1.39. The lowest BCUT2D eigenvalue weighted by Gasteiger charge is -1.87. The summed E-state index contributed by atoms with van der Waals surface area (Å²) in [6.07, 6.45) is 0.838. The number of rotatable bonds is 3. The molecule has 1 aromatic rings. The third-order valence-electron chi connectivity index (χ3n) is 1.37. The average molecular weight is 192 g/mol. The van der Waals surface area contributed by atoms with Crippen LogP contribution in [0.1, 0.15) is 10.4 Å². The fourth-order valence-electron chi connectivity index (χ4n) is 0.834. The highest BCUT2D eigenvalue weighted by molar-refractivity contribution is 7.16. The molecule has 0 aliphatic heterocycles. The minimum Gasteiger partial charge on any atom is -0.392 e. The Labute approximate surface area is 74.6 Å². The highest BCUT2D eigenvalue weighted by Crippen LogP contribution is 2.27. The summed E-state index contributed by atoms with van der Waals surface area (Å²) in [7, 11) is 0. The number of thiophene rings is 1. The zero-order valence-corrected chi connectivity index (χ0v) is 7.58. The lowest BCUT2D eigenvalue weighted by molar-refractivity contribution is 0.282. The van der Waals surface area contributed by atoms with Crippen LogP contribution in [-0.2, 0) is 13.0 Å². The first kappa shape index (κ1) is 9.00. The summed E-state index contributed by atoms with van der Waals surface area (Å²) in [4.78, 5) is 1.14. The van der Waals surface area contributed by atoms with Crippen LogP contribution in [0.3, 0.4) is 0 Å². The summed E-state index contributed by atoms with van der Waals surface area (Å²) in [5, 5.41) is 8.79. The second-order valence-corrected chi connectivity index (χ2v) is 3.95. The molecule has 0 aliphatic carbocycles. The van der Waals surface area contributed by atoms with E-state index in [0.717, 1.165) is 16.9 Å². The number of aliphatic hydroxyl groups is 1. The molecule has 1 aromatic heterocycles. The Kier molecular flexibility index (Phi) is 3.33. The van der Waals surface area contributed by atoms with Crippen molar-refractivity contribution in [2.75, 3.05) is 6.54 Å². The average Bonchev–Trinajstić information content (AvgIpc) is 2.32. The van der Waals surface area contributed by atoms with Crippen LogP contribution in [0.25, 0.3) is 0 Å². The van der Waals surface area contributed by atoms with Gasteiger partial charge in [-0.15, -0.1) is 11.3 Å². The van der Waals surface area contributed by atoms with Gasteiger partial charge in [0.2, 0.25) is 0 Å². The van der Waals surface area contributed by atoms with Crippen molar-refractivity contribution >= 4 is 22.9 Å². The van der Waals surface area contributed by atoms with Crippen LogP contribution >= 0.6 is 22.9 Å². The Balaban J connectivity index is 2.77. The Bertz CT molecular complexity index is 236. The van der Waals surface area contributed by atoms with Gasteiger partial charge in [-0.25, -0.2) is 0 Å². The van der Waals surface area contributed by atoms with E-state index in [-0.39, 0.29) is 6.61 Å². The molecule has 0 spiro atoms. The molecule has 0 atom stereocenters. The van der Waals surface area contributed by atoms with Gasteiger partial charge in [0.15, 0.2) is 0 Å². The van der Waals surface area contributed by atoms with Gasteiger partial charge in [0, 0.05) is 10.4 Å². The van der Waals surface area contributed by atoms with Gasteiger partial charge in [-0.1, -0.05) is 11.6 Å². The molecule has 0 aliphatic rings. The molecule has 2 nitrogen and oxygen atoms in total. The molecule has 62 valence electrons. The second-order valence-electron chi connectivity index (χ2n) is 2.21. The summed E-state index contributed by atoms with van der Waals surface area (Å²) in [5.41, 5.74) is 6.17. The van der Waals surface area contributed by atoms with Crippen molar-refractivity contribution in [2.45, 2.75) is 13.0 Å². The lowest BCUT2D eigenvalue weighted by atomic mass is 10.3. The smallest absolute Gasteiger partial charge is 0.0986 e. The minimum atomic E-state index is 0.0138. The number of hydrogen-bond donors (Lipinski definition) is 2. The fraction of sp³-hybridized carbons (Fsp3) is 0.429. The van der Waals surface area contributed by atoms with E-state index in [4.69, 9.17) is 22.4 Å². The molecule has 0 radical (unpaired) electrons. The maximum absolute atomic E-state index is 8.79. The zero-order chi connectivity index (χ0) is 8.27. The molecule has 0 unspecified atom stereocenters. The third-order valence-corrected chi connectivity index (χ3v) is 2.87. The first-order valence-electron chi connectivity index (χ1n) is 3.36. The second kappa shape index (κ2) is 4.07. The summed E-state index contributed by atoms with van der Waals surface area (Å²) >= 11 is 7.29. The SMILES string of the molecule is NCCc1cc(CO)c(Cl)s1. The molecule has 3 N–H and O–H groups in total. The van der Waals surface area contributed by atoms with Crippen LogP contribution in [0.2, 0.25) is 4.34 Å². The fourth-order valence-corrected chi connectivity index (χ4v) is 2.15. The first-order chi connectivity index (χ1) is 5.27. The van der Waals surface area contributed by atoms with E-state index in [0.29, 0.717) is 10.9 Å². The van der Waals surface area contributed by atoms with E-state index in [9.17, 15) is 0 Å². The molecule has 0 bridgehead atoms. The van der Waals surface area contributed by atoms with Crippen molar-refractivity contribution in [1.29, 1.82) is 0 Å². The van der Waals surface area contributed by atoms with Crippen LogP contribution in [0.4, 0.5) is 0 Å². The molecule has 0 aromatic carbocycles. The van der Waals surface area contributed by atoms with Gasteiger partial charge in [0.05, 0.1) is 10.9 Å². The molecule has 1 heterocycles. The highest BCUT2D eigenvalue weighted by Gasteiger charge is 2.04. The van der Waals surface area contributed by atoms with Gasteiger partial charge in [0.25, 0.3) is 0 Å². The van der Waals surface area contributed by atoms with Gasteiger partial charge < -0.3 is 10.8 Å². The van der Waals surface area contributed by atoms with E-state index in [1.807, 2.05) is 6.07 Å². The lowest BCUT2D eigenvalue weighted by Crippen LogP contribution is -2.00. The highest BCUT2D eigenvalue weighted by atomic mass is 35.5. The normalized spacial score (nSPS) is 10.5. The Morgan fingerprint density at radius 3 is 2.82 bits per heavy atom. The maximum atomic E-state index is 8.79. The molecular weight excluding hydrogens is 182 g/mol. The van der Waals surface area contributed by atoms with E-state index in [1.165, 1.54) is 11.3 Å². The van der Waals surface area contributed by atoms with Crippen LogP contribution in [0.5, 0.6) is 0 Å². The predicted molar refractivity (Wildman–Crippen MR) is 48.0 cm³/mol. The quantitative estimate of drug-likeness (QED) is 0.759. The molecule has 0 saturated carbocycles. The summed E-state index contributed by atoms with van der Waals surface area (Å²) < 4.78 is 0.677. The number of aliphatic hydroxyl groups excluding tert-OH is 1. The van der Waals surface area contributed by atoms with E-state index < -0.39 is 0 Å². The monoisotopic (exact) mass is 191 g/mol. The number of nitrogens with two attached hydrogens (primary N) is 1. The van der Waals surface area contributed by atoms with Crippen molar-refractivity contribution in [3.63, 3.8) is 0 Å². The van der Waals surface area contributed by atoms with Crippen LogP contribution in [0, 0.1) is 0 Å². The number of hydrogen-bond acceptors (Lipinski definition) is 3. The maximum Gasteiger partial charge on any atom is 0.0986 e. The van der Waals surface area contributed by atoms with Crippen molar-refractivity contribution in [1.82, 2.24) is 0 Å². The van der Waals surface area contributed by atoms with Crippen molar-refractivity contribution in [3.8, 4) is 0 Å². The van der Waals surface area contributed by atoms with Crippen LogP contribution in [0.15, 0.2) is 6.07 Å². The third kappa shape index (κ3) is 2.17. The van der Waals surface area contributed by atoms with E-state index >= 15 is 0 Å². The largest absolute Gasteiger partial charge is 0.392 e. The number of halogens is 1. The Morgan fingerprint density at radius 1 is 1.64 bits per heavy atom. The van der Waals surface area contributed by atoms with Crippen molar-refractivity contribution < 1.29 is 5.11 Å². The molecule has 0 fully saturated rings. The Hall–Kier alpha value is -0.0900. The molecule has 11 heavy (non-hydrogen) atoms. The molecule has 4 heteroatoms. The van der Waals surface area contributed by atoms with Crippen LogP contribution < -0.4 is 5.73 Å². The standard InChI is InChI=1S/C7H10ClNOS/c8-7-5(4-10)3-6(11-7)1-2-9/h3,10H,1-2,4,9H2. The molecular formula is C7H10ClNOS. The molecule has 1 rings (SSSR count). The van der Waals surface area contributed by atoms with Crippen molar-refractivity contribution in [2.24, 2.45) is 5.73 Å². The van der Waals surface area contributed by atoms with E-state index in [1.54, 1.807) is 0 Å². The van der Waals surface area contributed by atoms with Gasteiger partial charge in [0.1, 0.15) is 0 Å². The summed E-state index contributed by atoms with van der Waals surface area (Å²) in [5.74, 6) is 0. The van der Waals surface area contributed by atoms with Gasteiger partial charge >= 0.3 is 0 Å². The Morgan fingerprint density at radius 2 is 2.36 bits per heavy atom.